The standard InChI is InChI=1S/C12H18N4O/c1-9-7-16-11(8-15-9)12(17)14-6-4-10-3-2-5-13-10/h7-8,10,13H,2-6H2,1H3,(H,14,17). The predicted octanol–water partition coefficient (Wildman–Crippen LogP) is 0.657. The van der Waals surface area contributed by atoms with Crippen molar-refractivity contribution in [3.63, 3.8) is 0 Å². The Morgan fingerprint density at radius 3 is 3.06 bits per heavy atom. The van der Waals surface area contributed by atoms with Crippen molar-refractivity contribution in [2.45, 2.75) is 32.2 Å². The van der Waals surface area contributed by atoms with Gasteiger partial charge in [0, 0.05) is 18.8 Å². The normalized spacial score (nSPS) is 19.2. The van der Waals surface area contributed by atoms with Crippen LogP contribution in [0.2, 0.25) is 0 Å². The molecule has 1 aliphatic heterocycles. The Morgan fingerprint density at radius 1 is 1.53 bits per heavy atom. The maximum atomic E-state index is 11.7. The summed E-state index contributed by atoms with van der Waals surface area (Å²) in [5.74, 6) is -0.143. The third-order valence-corrected chi connectivity index (χ3v) is 2.95. The zero-order chi connectivity index (χ0) is 12.1. The lowest BCUT2D eigenvalue weighted by molar-refractivity contribution is 0.0947. The number of hydrogen-bond donors (Lipinski definition) is 2. The quantitative estimate of drug-likeness (QED) is 0.803. The molecule has 5 nitrogen and oxygen atoms in total. The monoisotopic (exact) mass is 234 g/mol. The Hall–Kier alpha value is -1.49. The Bertz CT molecular complexity index is 371. The van der Waals surface area contributed by atoms with Gasteiger partial charge in [-0.15, -0.1) is 0 Å². The second kappa shape index (κ2) is 5.72. The number of rotatable bonds is 4. The number of aromatic nitrogens is 2. The van der Waals surface area contributed by atoms with Crippen molar-refractivity contribution >= 4 is 5.91 Å². The van der Waals surface area contributed by atoms with Crippen LogP contribution in [-0.2, 0) is 0 Å². The highest BCUT2D eigenvalue weighted by Gasteiger charge is 2.14. The molecule has 2 heterocycles. The first kappa shape index (κ1) is 12.0. The van der Waals surface area contributed by atoms with Crippen LogP contribution in [0.4, 0.5) is 0 Å². The molecule has 1 aromatic heterocycles. The van der Waals surface area contributed by atoms with Gasteiger partial charge in [0.15, 0.2) is 0 Å². The molecule has 0 bridgehead atoms. The Labute approximate surface area is 101 Å². The van der Waals surface area contributed by atoms with Crippen LogP contribution in [0.3, 0.4) is 0 Å². The van der Waals surface area contributed by atoms with Gasteiger partial charge in [-0.2, -0.15) is 0 Å². The van der Waals surface area contributed by atoms with E-state index < -0.39 is 0 Å². The lowest BCUT2D eigenvalue weighted by atomic mass is 10.1. The first-order chi connectivity index (χ1) is 8.25. The topological polar surface area (TPSA) is 66.9 Å². The van der Waals surface area contributed by atoms with Gasteiger partial charge in [-0.05, 0) is 32.7 Å². The van der Waals surface area contributed by atoms with E-state index in [2.05, 4.69) is 20.6 Å². The molecule has 17 heavy (non-hydrogen) atoms. The molecule has 1 saturated heterocycles. The molecule has 1 fully saturated rings. The average molecular weight is 234 g/mol. The van der Waals surface area contributed by atoms with E-state index in [9.17, 15) is 4.79 Å². The third kappa shape index (κ3) is 3.49. The van der Waals surface area contributed by atoms with Crippen LogP contribution >= 0.6 is 0 Å². The fraction of sp³-hybridized carbons (Fsp3) is 0.583. The van der Waals surface area contributed by atoms with Crippen molar-refractivity contribution in [3.05, 3.63) is 23.8 Å². The highest BCUT2D eigenvalue weighted by molar-refractivity contribution is 5.91. The smallest absolute Gasteiger partial charge is 0.271 e. The van der Waals surface area contributed by atoms with Crippen molar-refractivity contribution in [1.82, 2.24) is 20.6 Å². The Balaban J connectivity index is 1.75. The molecule has 0 aromatic carbocycles. The molecule has 1 amide bonds. The van der Waals surface area contributed by atoms with Crippen LogP contribution < -0.4 is 10.6 Å². The summed E-state index contributed by atoms with van der Waals surface area (Å²) >= 11 is 0. The van der Waals surface area contributed by atoms with E-state index in [1.807, 2.05) is 6.92 Å². The first-order valence-electron chi connectivity index (χ1n) is 6.06. The molecule has 0 radical (unpaired) electrons. The van der Waals surface area contributed by atoms with Crippen LogP contribution in [0.25, 0.3) is 0 Å². The van der Waals surface area contributed by atoms with E-state index in [1.165, 1.54) is 19.0 Å². The highest BCUT2D eigenvalue weighted by atomic mass is 16.1. The number of carbonyl (C=O) groups is 1. The van der Waals surface area contributed by atoms with E-state index in [1.54, 1.807) is 6.20 Å². The van der Waals surface area contributed by atoms with Gasteiger partial charge in [0.05, 0.1) is 11.9 Å². The zero-order valence-electron chi connectivity index (χ0n) is 10.1. The van der Waals surface area contributed by atoms with Gasteiger partial charge < -0.3 is 10.6 Å². The summed E-state index contributed by atoms with van der Waals surface area (Å²) in [7, 11) is 0. The summed E-state index contributed by atoms with van der Waals surface area (Å²) in [6.45, 7) is 3.63. The van der Waals surface area contributed by atoms with Crippen molar-refractivity contribution in [3.8, 4) is 0 Å². The summed E-state index contributed by atoms with van der Waals surface area (Å²) < 4.78 is 0. The summed E-state index contributed by atoms with van der Waals surface area (Å²) in [5, 5.41) is 6.26. The number of hydrogen-bond acceptors (Lipinski definition) is 4. The van der Waals surface area contributed by atoms with Crippen molar-refractivity contribution in [2.24, 2.45) is 0 Å². The highest BCUT2D eigenvalue weighted by Crippen LogP contribution is 2.07. The van der Waals surface area contributed by atoms with Crippen LogP contribution in [0.5, 0.6) is 0 Å². The molecular weight excluding hydrogens is 216 g/mol. The summed E-state index contributed by atoms with van der Waals surface area (Å²) in [6, 6.07) is 0.555. The van der Waals surface area contributed by atoms with Gasteiger partial charge >= 0.3 is 0 Å². The fourth-order valence-electron chi connectivity index (χ4n) is 1.96. The van der Waals surface area contributed by atoms with E-state index in [0.29, 0.717) is 18.3 Å². The summed E-state index contributed by atoms with van der Waals surface area (Å²) in [6.07, 6.45) is 6.54. The molecule has 2 rings (SSSR count). The van der Waals surface area contributed by atoms with E-state index in [0.717, 1.165) is 18.7 Å². The Kier molecular flexibility index (Phi) is 4.03. The molecule has 92 valence electrons. The minimum atomic E-state index is -0.143. The van der Waals surface area contributed by atoms with Gasteiger partial charge in [0.2, 0.25) is 0 Å². The van der Waals surface area contributed by atoms with E-state index >= 15 is 0 Å². The fourth-order valence-corrected chi connectivity index (χ4v) is 1.96. The average Bonchev–Trinajstić information content (AvgIpc) is 2.83. The van der Waals surface area contributed by atoms with Gasteiger partial charge in [0.1, 0.15) is 5.69 Å². The number of aryl methyl sites for hydroxylation is 1. The zero-order valence-corrected chi connectivity index (χ0v) is 10.1. The lowest BCUT2D eigenvalue weighted by Crippen LogP contribution is -2.31. The number of nitrogens with zero attached hydrogens (tertiary/aromatic N) is 2. The van der Waals surface area contributed by atoms with Gasteiger partial charge in [-0.1, -0.05) is 0 Å². The SMILES string of the molecule is Cc1cnc(C(=O)NCCC2CCCN2)cn1. The largest absolute Gasteiger partial charge is 0.351 e. The Morgan fingerprint density at radius 2 is 2.41 bits per heavy atom. The molecule has 0 aliphatic carbocycles. The van der Waals surface area contributed by atoms with Gasteiger partial charge in [-0.3, -0.25) is 9.78 Å². The number of amides is 1. The molecule has 1 unspecified atom stereocenters. The second-order valence-electron chi connectivity index (χ2n) is 4.38. The minimum Gasteiger partial charge on any atom is -0.351 e. The second-order valence-corrected chi connectivity index (χ2v) is 4.38. The molecule has 1 aliphatic rings. The lowest BCUT2D eigenvalue weighted by Gasteiger charge is -2.10. The van der Waals surface area contributed by atoms with Crippen LogP contribution in [-0.4, -0.2) is 35.0 Å². The van der Waals surface area contributed by atoms with Crippen molar-refractivity contribution < 1.29 is 4.79 Å². The maximum Gasteiger partial charge on any atom is 0.271 e. The van der Waals surface area contributed by atoms with E-state index in [-0.39, 0.29) is 5.91 Å². The summed E-state index contributed by atoms with van der Waals surface area (Å²) in [5.41, 5.74) is 1.20. The molecule has 0 spiro atoms. The molecule has 1 atom stereocenters. The molecule has 1 aromatic rings. The number of nitrogens with one attached hydrogen (secondary N) is 2. The molecule has 5 heteroatoms. The van der Waals surface area contributed by atoms with Crippen LogP contribution in [0.1, 0.15) is 35.4 Å². The van der Waals surface area contributed by atoms with Crippen molar-refractivity contribution in [1.29, 1.82) is 0 Å². The molecule has 0 saturated carbocycles. The third-order valence-electron chi connectivity index (χ3n) is 2.95. The van der Waals surface area contributed by atoms with Gasteiger partial charge in [0.25, 0.3) is 5.91 Å². The molecular formula is C12H18N4O. The predicted molar refractivity (Wildman–Crippen MR) is 64.7 cm³/mol. The summed E-state index contributed by atoms with van der Waals surface area (Å²) in [4.78, 5) is 19.8. The molecule has 2 N–H and O–H groups in total. The maximum absolute atomic E-state index is 11.7. The van der Waals surface area contributed by atoms with Crippen molar-refractivity contribution in [2.75, 3.05) is 13.1 Å². The van der Waals surface area contributed by atoms with Crippen LogP contribution in [0, 0.1) is 6.92 Å². The first-order valence-corrected chi connectivity index (χ1v) is 6.06. The minimum absolute atomic E-state index is 0.143. The van der Waals surface area contributed by atoms with Crippen LogP contribution in [0.15, 0.2) is 12.4 Å². The number of carbonyl (C=O) groups excluding carboxylic acids is 1. The van der Waals surface area contributed by atoms with Gasteiger partial charge in [-0.25, -0.2) is 4.98 Å². The van der Waals surface area contributed by atoms with E-state index in [4.69, 9.17) is 0 Å².